The molecule has 5 rings (SSSR count). The number of benzene rings is 2. The van der Waals surface area contributed by atoms with Gasteiger partial charge in [-0.25, -0.2) is 20.0 Å². The van der Waals surface area contributed by atoms with Crippen LogP contribution in [0.25, 0.3) is 11.2 Å². The number of aliphatic imine (C=N–C) groups is 1. The van der Waals surface area contributed by atoms with Gasteiger partial charge in [0.05, 0.1) is 34.8 Å². The number of hydrogen-bond acceptors (Lipinski definition) is 6. The lowest BCUT2D eigenvalue weighted by Gasteiger charge is -2.38. The molecule has 2 aromatic heterocycles. The van der Waals surface area contributed by atoms with Crippen molar-refractivity contribution in [3.05, 3.63) is 100 Å². The quantitative estimate of drug-likeness (QED) is 0.0993. The number of aliphatic hydroxyl groups excluding tert-OH is 1. The summed E-state index contributed by atoms with van der Waals surface area (Å²) in [5.74, 6) is 1.07. The summed E-state index contributed by atoms with van der Waals surface area (Å²) in [6.45, 7) is 16.7. The topological polar surface area (TPSA) is 150 Å². The predicted octanol–water partition coefficient (Wildman–Crippen LogP) is 8.41. The van der Waals surface area contributed by atoms with Crippen LogP contribution in [-0.4, -0.2) is 80.3 Å². The van der Waals surface area contributed by atoms with Crippen LogP contribution in [0.4, 0.5) is 0 Å². The van der Waals surface area contributed by atoms with Crippen molar-refractivity contribution in [1.82, 2.24) is 19.4 Å². The Morgan fingerprint density at radius 3 is 2.31 bits per heavy atom. The van der Waals surface area contributed by atoms with Crippen molar-refractivity contribution in [2.75, 3.05) is 32.5 Å². The van der Waals surface area contributed by atoms with Crippen LogP contribution >= 0.6 is 10.0 Å². The Morgan fingerprint density at radius 1 is 1.09 bits per heavy atom. The Kier molecular flexibility index (Phi) is 17.4. The van der Waals surface area contributed by atoms with Crippen LogP contribution in [-0.2, 0) is 11.8 Å². The molecule has 4 atom stereocenters. The number of rotatable bonds is 9. The Bertz CT molecular complexity index is 1880. The van der Waals surface area contributed by atoms with Crippen molar-refractivity contribution in [3.63, 3.8) is 0 Å². The molecule has 10 nitrogen and oxygen atoms in total. The molecule has 4 aromatic rings. The second-order valence-electron chi connectivity index (χ2n) is 14.6. The lowest BCUT2D eigenvalue weighted by Crippen LogP contribution is -2.47. The third-order valence-corrected chi connectivity index (χ3v) is 11.4. The smallest absolute Gasteiger partial charge is 0.254 e. The second kappa shape index (κ2) is 20.5. The highest BCUT2D eigenvalue weighted by atomic mass is 32.3. The zero-order chi connectivity index (χ0) is 39.6. The normalized spacial score (nSPS) is 18.6. The van der Waals surface area contributed by atoms with Crippen molar-refractivity contribution < 1.29 is 21.5 Å². The third kappa shape index (κ3) is 11.0. The fourth-order valence-corrected chi connectivity index (χ4v) is 8.72. The van der Waals surface area contributed by atoms with Gasteiger partial charge >= 0.3 is 0 Å². The number of carbonyl (C=O) groups excluding carboxylic acids is 1. The van der Waals surface area contributed by atoms with E-state index in [0.29, 0.717) is 17.3 Å². The maximum Gasteiger partial charge on any atom is 0.254 e. The first-order valence-corrected chi connectivity index (χ1v) is 21.6. The van der Waals surface area contributed by atoms with Crippen molar-refractivity contribution in [1.29, 1.82) is 0 Å². The molecule has 0 radical (unpaired) electrons. The van der Waals surface area contributed by atoms with E-state index in [9.17, 15) is 4.79 Å². The molecule has 1 saturated heterocycles. The van der Waals surface area contributed by atoms with E-state index in [0.717, 1.165) is 48.8 Å². The average molecular weight is 765 g/mol. The zero-order valence-electron chi connectivity index (χ0n) is 34.9. The van der Waals surface area contributed by atoms with E-state index < -0.39 is 10.0 Å². The zero-order valence-corrected chi connectivity index (χ0v) is 35.7. The molecule has 0 aliphatic carbocycles. The van der Waals surface area contributed by atoms with Crippen LogP contribution < -0.4 is 5.73 Å². The SMILES string of the molecule is C/C(N)=N\C(=C/C(C)c1c(C)cccc1C)OC[C@H]1[C@H](C)CCC[C@@H](c2cnc3cc(S(C)(C)C)n(C)c3n2)N1C(=O)c1cccc(C)c1.CC.CO.O.[HH]. The van der Waals surface area contributed by atoms with Crippen molar-refractivity contribution >= 4 is 32.9 Å². The summed E-state index contributed by atoms with van der Waals surface area (Å²) in [6.07, 6.45) is 13.5. The highest BCUT2D eigenvalue weighted by molar-refractivity contribution is 8.32. The van der Waals surface area contributed by atoms with Gasteiger partial charge < -0.3 is 30.5 Å². The van der Waals surface area contributed by atoms with Crippen LogP contribution in [0.15, 0.2) is 76.7 Å². The van der Waals surface area contributed by atoms with Crippen LogP contribution in [0.1, 0.15) is 106 Å². The number of aryl methyl sites for hydroxylation is 4. The maximum atomic E-state index is 14.7. The number of amides is 1. The van der Waals surface area contributed by atoms with E-state index >= 15 is 0 Å². The molecule has 5 N–H and O–H groups in total. The molecule has 1 aliphatic heterocycles. The molecule has 1 fully saturated rings. The number of ether oxygens (including phenoxy) is 1. The van der Waals surface area contributed by atoms with E-state index in [1.165, 1.54) is 21.7 Å². The molecule has 1 unspecified atom stereocenters. The van der Waals surface area contributed by atoms with Crippen LogP contribution in [0.5, 0.6) is 0 Å². The van der Waals surface area contributed by atoms with Crippen molar-refractivity contribution in [2.45, 2.75) is 97.7 Å². The minimum Gasteiger partial charge on any atom is -0.476 e. The van der Waals surface area contributed by atoms with Crippen LogP contribution in [0.2, 0.25) is 0 Å². The molecule has 0 spiro atoms. The first-order valence-electron chi connectivity index (χ1n) is 18.7. The molecule has 0 saturated carbocycles. The predicted molar refractivity (Wildman–Crippen MR) is 230 cm³/mol. The van der Waals surface area contributed by atoms with E-state index in [1.54, 1.807) is 6.92 Å². The minimum absolute atomic E-state index is 0. The van der Waals surface area contributed by atoms with E-state index in [2.05, 4.69) is 87.3 Å². The van der Waals surface area contributed by atoms with Gasteiger partial charge in [-0.05, 0) is 106 Å². The average Bonchev–Trinajstić information content (AvgIpc) is 3.36. The van der Waals surface area contributed by atoms with Crippen molar-refractivity contribution in [3.8, 4) is 0 Å². The Balaban J connectivity index is 0.00000244. The Hall–Kier alpha value is -4.19. The maximum absolute atomic E-state index is 14.7. The van der Waals surface area contributed by atoms with Gasteiger partial charge in [-0.1, -0.05) is 70.0 Å². The number of hydrogen-bond donors (Lipinski definition) is 2. The second-order valence-corrected chi connectivity index (χ2v) is 18.7. The third-order valence-electron chi connectivity index (χ3n) is 9.74. The highest BCUT2D eigenvalue weighted by Crippen LogP contribution is 2.47. The van der Waals surface area contributed by atoms with Gasteiger partial charge in [0.2, 0.25) is 5.88 Å². The summed E-state index contributed by atoms with van der Waals surface area (Å²) in [6, 6.07) is 15.8. The van der Waals surface area contributed by atoms with Crippen LogP contribution in [0.3, 0.4) is 0 Å². The number of carbonyl (C=O) groups is 1. The molecular formula is C43H68N6O4S. The fraction of sp³-hybridized carbons (Fsp3) is 0.488. The van der Waals surface area contributed by atoms with Gasteiger partial charge in [0.25, 0.3) is 5.91 Å². The number of nitrogens with zero attached hydrogens (tertiary/aromatic N) is 5. The summed E-state index contributed by atoms with van der Waals surface area (Å²) in [5.41, 5.74) is 14.1. The first-order chi connectivity index (χ1) is 25.1. The van der Waals surface area contributed by atoms with E-state index in [-0.39, 0.29) is 43.3 Å². The standard InChI is InChI=1S/C40H54N6O2S.C2H6.CH4O.H2O.H2/c1-25-14-11-18-31(20-25)40(47)46-34(33-23-42-32-22-37(49(8,9)10)45(7)39(32)44-33)19-13-15-26(2)35(46)24-48-36(43-30(6)41)21-29(5)38-27(3)16-12-17-28(38)4;2*1-2;;/h11-12,14,16-18,20-23,26,29,34-35H,13,15,19,24H2,1-10H3,(H2,41,43);1-2H3;2H,1H3;1H2;1H/b36-21+;;;;/t26-,29?,34+,35+;;;;/m1..../s1. The summed E-state index contributed by atoms with van der Waals surface area (Å²) in [4.78, 5) is 31.5. The lowest BCUT2D eigenvalue weighted by molar-refractivity contribution is 0.0306. The monoisotopic (exact) mass is 765 g/mol. The van der Waals surface area contributed by atoms with Gasteiger partial charge in [0.15, 0.2) is 5.65 Å². The Labute approximate surface area is 327 Å². The number of fused-ring (bicyclic) bond motifs is 1. The number of nitrogens with two attached hydrogens (primary N) is 1. The summed E-state index contributed by atoms with van der Waals surface area (Å²) < 4.78 is 8.78. The fourth-order valence-electron chi connectivity index (χ4n) is 7.35. The molecule has 1 aliphatic rings. The largest absolute Gasteiger partial charge is 0.476 e. The summed E-state index contributed by atoms with van der Waals surface area (Å²) in [5, 5.41) is 8.25. The first kappa shape index (κ1) is 46.0. The molecule has 0 bridgehead atoms. The van der Waals surface area contributed by atoms with E-state index in [1.807, 2.05) is 62.2 Å². The lowest BCUT2D eigenvalue weighted by atomic mass is 9.92. The number of amidine groups is 1. The number of allylic oxidation sites excluding steroid dienone is 1. The van der Waals surface area contributed by atoms with Gasteiger partial charge in [0, 0.05) is 27.1 Å². The Morgan fingerprint density at radius 2 is 1.72 bits per heavy atom. The van der Waals surface area contributed by atoms with Gasteiger partial charge in [-0.15, -0.1) is 0 Å². The van der Waals surface area contributed by atoms with Crippen molar-refractivity contribution in [2.24, 2.45) is 23.7 Å². The number of likely N-dealkylation sites (tertiary alicyclic amines) is 1. The molecule has 3 heterocycles. The molecule has 54 heavy (non-hydrogen) atoms. The van der Waals surface area contributed by atoms with Gasteiger partial charge in [-0.2, -0.15) is 0 Å². The van der Waals surface area contributed by atoms with Gasteiger partial charge in [-0.3, -0.25) is 9.78 Å². The molecule has 1 amide bonds. The number of aromatic nitrogens is 3. The molecule has 11 heteroatoms. The van der Waals surface area contributed by atoms with Gasteiger partial charge in [0.1, 0.15) is 12.1 Å². The minimum atomic E-state index is -0.998. The molecular weight excluding hydrogens is 697 g/mol. The highest BCUT2D eigenvalue weighted by Gasteiger charge is 2.39. The molecule has 300 valence electrons. The summed E-state index contributed by atoms with van der Waals surface area (Å²) in [7, 11) is 2.07. The molecule has 2 aromatic carbocycles. The summed E-state index contributed by atoms with van der Waals surface area (Å²) >= 11 is 0. The van der Waals surface area contributed by atoms with E-state index in [4.69, 9.17) is 25.5 Å². The van der Waals surface area contributed by atoms with Crippen LogP contribution in [0, 0.1) is 26.7 Å². The number of aliphatic hydroxyl groups is 1.